The summed E-state index contributed by atoms with van der Waals surface area (Å²) in [7, 11) is 0. The first kappa shape index (κ1) is 12.9. The van der Waals surface area contributed by atoms with Gasteiger partial charge in [-0.2, -0.15) is 5.21 Å². The van der Waals surface area contributed by atoms with Crippen LogP contribution in [0.25, 0.3) is 0 Å². The number of amides is 1. The molecule has 8 heteroatoms. The van der Waals surface area contributed by atoms with Crippen LogP contribution in [0, 0.1) is 0 Å². The zero-order valence-electron chi connectivity index (χ0n) is 10.6. The molecule has 1 amide bonds. The van der Waals surface area contributed by atoms with Crippen molar-refractivity contribution in [1.82, 2.24) is 25.9 Å². The van der Waals surface area contributed by atoms with Gasteiger partial charge >= 0.3 is 0 Å². The summed E-state index contributed by atoms with van der Waals surface area (Å²) in [5, 5.41) is 16.9. The Morgan fingerprint density at radius 2 is 2.45 bits per heavy atom. The minimum absolute atomic E-state index is 0.213. The maximum absolute atomic E-state index is 12.1. The van der Waals surface area contributed by atoms with E-state index in [1.165, 1.54) is 0 Å². The molecule has 0 saturated carbocycles. The van der Waals surface area contributed by atoms with Crippen LogP contribution >= 0.6 is 11.6 Å². The van der Waals surface area contributed by atoms with E-state index in [4.69, 9.17) is 16.3 Å². The van der Waals surface area contributed by atoms with Gasteiger partial charge in [-0.15, -0.1) is 10.2 Å². The van der Waals surface area contributed by atoms with Crippen LogP contribution in [0.1, 0.15) is 24.4 Å². The second kappa shape index (κ2) is 5.09. The first-order valence-electron chi connectivity index (χ1n) is 6.12. The second-order valence-electron chi connectivity index (χ2n) is 4.56. The molecule has 0 radical (unpaired) electrons. The Morgan fingerprint density at radius 3 is 3.20 bits per heavy atom. The van der Waals surface area contributed by atoms with Crippen molar-refractivity contribution in [3.63, 3.8) is 0 Å². The summed E-state index contributed by atoms with van der Waals surface area (Å²) in [6.07, 6.45) is -0.0569. The molecule has 0 fully saturated rings. The number of halogens is 1. The van der Waals surface area contributed by atoms with Crippen LogP contribution in [0.5, 0.6) is 5.75 Å². The van der Waals surface area contributed by atoms with Crippen molar-refractivity contribution in [2.75, 3.05) is 0 Å². The predicted octanol–water partition coefficient (Wildman–Crippen LogP) is 1.03. The first-order chi connectivity index (χ1) is 9.63. The number of hydrogen-bond acceptors (Lipinski definition) is 5. The number of rotatable bonds is 3. The van der Waals surface area contributed by atoms with Gasteiger partial charge < -0.3 is 10.1 Å². The molecule has 0 bridgehead atoms. The van der Waals surface area contributed by atoms with Gasteiger partial charge in [-0.3, -0.25) is 4.79 Å². The van der Waals surface area contributed by atoms with E-state index in [0.717, 1.165) is 5.56 Å². The zero-order valence-corrected chi connectivity index (χ0v) is 11.4. The minimum Gasteiger partial charge on any atom is -0.480 e. The topological polar surface area (TPSA) is 92.8 Å². The lowest BCUT2D eigenvalue weighted by Gasteiger charge is -2.14. The van der Waals surface area contributed by atoms with Crippen LogP contribution in [-0.4, -0.2) is 32.6 Å². The average molecular weight is 294 g/mol. The summed E-state index contributed by atoms with van der Waals surface area (Å²) in [4.78, 5) is 12.1. The number of fused-ring (bicyclic) bond motifs is 1. The fraction of sp³-hybridized carbons (Fsp3) is 0.333. The van der Waals surface area contributed by atoms with E-state index in [9.17, 15) is 4.79 Å². The van der Waals surface area contributed by atoms with Crippen molar-refractivity contribution in [1.29, 1.82) is 0 Å². The van der Waals surface area contributed by atoms with Crippen molar-refractivity contribution in [3.05, 3.63) is 34.6 Å². The van der Waals surface area contributed by atoms with Gasteiger partial charge in [0, 0.05) is 11.4 Å². The number of carbonyl (C=O) groups is 1. The van der Waals surface area contributed by atoms with Gasteiger partial charge in [-0.1, -0.05) is 16.8 Å². The summed E-state index contributed by atoms with van der Waals surface area (Å²) in [6.45, 7) is 1.78. The van der Waals surface area contributed by atoms with E-state index in [0.29, 0.717) is 23.0 Å². The highest BCUT2D eigenvalue weighted by Gasteiger charge is 2.30. The number of hydrogen-bond donors (Lipinski definition) is 2. The molecule has 1 aliphatic heterocycles. The van der Waals surface area contributed by atoms with Crippen molar-refractivity contribution >= 4 is 17.5 Å². The van der Waals surface area contributed by atoms with Crippen molar-refractivity contribution in [3.8, 4) is 5.75 Å². The standard InChI is InChI=1S/C12H12ClN5O2/c1-6(11-15-17-18-16-11)14-12(19)10-5-7-4-8(13)2-3-9(7)20-10/h2-4,6,10H,5H2,1H3,(H,14,19)(H,15,16,17,18). The predicted molar refractivity (Wildman–Crippen MR) is 70.3 cm³/mol. The molecular weight excluding hydrogens is 282 g/mol. The third kappa shape index (κ3) is 2.44. The Hall–Kier alpha value is -2.15. The Balaban J connectivity index is 1.65. The van der Waals surface area contributed by atoms with Gasteiger partial charge in [0.1, 0.15) is 5.75 Å². The lowest BCUT2D eigenvalue weighted by molar-refractivity contribution is -0.127. The summed E-state index contributed by atoms with van der Waals surface area (Å²) < 4.78 is 5.61. The number of aromatic amines is 1. The fourth-order valence-electron chi connectivity index (χ4n) is 2.09. The molecule has 1 aliphatic rings. The number of tetrazole rings is 1. The van der Waals surface area contributed by atoms with E-state index in [1.54, 1.807) is 19.1 Å². The minimum atomic E-state index is -0.558. The van der Waals surface area contributed by atoms with Crippen LogP contribution in [0.3, 0.4) is 0 Å². The molecule has 2 N–H and O–H groups in total. The van der Waals surface area contributed by atoms with Gasteiger partial charge in [-0.05, 0) is 30.7 Å². The number of nitrogens with zero attached hydrogens (tertiary/aromatic N) is 3. The second-order valence-corrected chi connectivity index (χ2v) is 5.00. The maximum Gasteiger partial charge on any atom is 0.262 e. The number of ether oxygens (including phenoxy) is 1. The Labute approximate surface area is 119 Å². The Bertz CT molecular complexity index is 631. The molecule has 0 saturated heterocycles. The van der Waals surface area contributed by atoms with Crippen LogP contribution in [0.2, 0.25) is 5.02 Å². The maximum atomic E-state index is 12.1. The molecule has 1 aromatic heterocycles. The van der Waals surface area contributed by atoms with Gasteiger partial charge in [0.15, 0.2) is 11.9 Å². The molecule has 2 aromatic rings. The lowest BCUT2D eigenvalue weighted by atomic mass is 10.1. The third-order valence-electron chi connectivity index (χ3n) is 3.10. The molecule has 20 heavy (non-hydrogen) atoms. The van der Waals surface area contributed by atoms with Crippen molar-refractivity contribution in [2.45, 2.75) is 25.5 Å². The van der Waals surface area contributed by atoms with E-state index >= 15 is 0 Å². The Kier molecular flexibility index (Phi) is 3.27. The Morgan fingerprint density at radius 1 is 1.60 bits per heavy atom. The monoisotopic (exact) mass is 293 g/mol. The molecule has 7 nitrogen and oxygen atoms in total. The third-order valence-corrected chi connectivity index (χ3v) is 3.33. The molecule has 2 heterocycles. The molecule has 0 aliphatic carbocycles. The average Bonchev–Trinajstić information content (AvgIpc) is 3.07. The zero-order chi connectivity index (χ0) is 14.1. The smallest absolute Gasteiger partial charge is 0.262 e. The molecule has 2 unspecified atom stereocenters. The lowest BCUT2D eigenvalue weighted by Crippen LogP contribution is -2.39. The van der Waals surface area contributed by atoms with E-state index in [2.05, 4.69) is 25.9 Å². The quantitative estimate of drug-likeness (QED) is 0.882. The van der Waals surface area contributed by atoms with Gasteiger partial charge in [-0.25, -0.2) is 0 Å². The summed E-state index contributed by atoms with van der Waals surface area (Å²) in [6, 6.07) is 4.99. The summed E-state index contributed by atoms with van der Waals surface area (Å²) in [5.41, 5.74) is 0.935. The van der Waals surface area contributed by atoms with Crippen LogP contribution in [0.4, 0.5) is 0 Å². The highest BCUT2D eigenvalue weighted by molar-refractivity contribution is 6.30. The largest absolute Gasteiger partial charge is 0.480 e. The summed E-state index contributed by atoms with van der Waals surface area (Å²) >= 11 is 5.92. The van der Waals surface area contributed by atoms with Crippen molar-refractivity contribution < 1.29 is 9.53 Å². The number of nitrogens with one attached hydrogen (secondary N) is 2. The van der Waals surface area contributed by atoms with Crippen molar-refractivity contribution in [2.24, 2.45) is 0 Å². The highest BCUT2D eigenvalue weighted by atomic mass is 35.5. The molecule has 1 aromatic carbocycles. The van der Waals surface area contributed by atoms with Gasteiger partial charge in [0.05, 0.1) is 6.04 Å². The van der Waals surface area contributed by atoms with Crippen LogP contribution in [0.15, 0.2) is 18.2 Å². The molecule has 104 valence electrons. The fourth-order valence-corrected chi connectivity index (χ4v) is 2.28. The normalized spacial score (nSPS) is 18.2. The first-order valence-corrected chi connectivity index (χ1v) is 6.50. The van der Waals surface area contributed by atoms with Gasteiger partial charge in [0.25, 0.3) is 5.91 Å². The van der Waals surface area contributed by atoms with Crippen LogP contribution < -0.4 is 10.1 Å². The number of benzene rings is 1. The number of H-pyrrole nitrogens is 1. The number of aromatic nitrogens is 4. The van der Waals surface area contributed by atoms with E-state index in [-0.39, 0.29) is 11.9 Å². The SMILES string of the molecule is CC(NC(=O)C1Cc2cc(Cl)ccc2O1)c1nn[nH]n1. The van der Waals surface area contributed by atoms with Crippen LogP contribution in [-0.2, 0) is 11.2 Å². The molecule has 0 spiro atoms. The number of carbonyl (C=O) groups excluding carboxylic acids is 1. The highest BCUT2D eigenvalue weighted by Crippen LogP contribution is 2.31. The van der Waals surface area contributed by atoms with Gasteiger partial charge in [0.2, 0.25) is 0 Å². The summed E-state index contributed by atoms with van der Waals surface area (Å²) in [5.74, 6) is 0.910. The van der Waals surface area contributed by atoms with E-state index < -0.39 is 6.10 Å². The van der Waals surface area contributed by atoms with E-state index in [1.807, 2.05) is 6.07 Å². The molecular formula is C12H12ClN5O2. The molecule has 3 rings (SSSR count). The molecule has 2 atom stereocenters.